The monoisotopic (exact) mass is 860 g/mol. The molecule has 4 aliphatic rings. The Bertz CT molecular complexity index is 3930. The topological polar surface area (TPSA) is 21.3 Å². The van der Waals surface area contributed by atoms with Crippen molar-refractivity contribution in [2.24, 2.45) is 0 Å². The molecule has 0 radical (unpaired) electrons. The van der Waals surface area contributed by atoms with E-state index in [4.69, 9.17) is 4.42 Å². The average Bonchev–Trinajstić information content (AvgIpc) is 4.04. The molecule has 1 spiro atoms. The van der Waals surface area contributed by atoms with Gasteiger partial charge in [-0.05, 0) is 118 Å². The summed E-state index contributed by atoms with van der Waals surface area (Å²) in [6.07, 6.45) is 12.1. The van der Waals surface area contributed by atoms with E-state index in [0.717, 1.165) is 34.6 Å². The average molecular weight is 861 g/mol. The molecule has 2 unspecified atom stereocenters. The minimum atomic E-state index is -0.508. The number of rotatable bonds is 4. The zero-order chi connectivity index (χ0) is 44.0. The van der Waals surface area contributed by atoms with E-state index >= 15 is 0 Å². The highest BCUT2D eigenvalue weighted by molar-refractivity contribution is 6.18. The summed E-state index contributed by atoms with van der Waals surface area (Å²) in [6.45, 7) is 2.26. The van der Waals surface area contributed by atoms with Crippen molar-refractivity contribution >= 4 is 77.5 Å². The highest BCUT2D eigenvalue weighted by Gasteiger charge is 2.56. The number of para-hydroxylation sites is 5. The van der Waals surface area contributed by atoms with Crippen LogP contribution < -0.4 is 4.90 Å². The number of anilines is 3. The van der Waals surface area contributed by atoms with E-state index in [1.165, 1.54) is 131 Å². The summed E-state index contributed by atoms with van der Waals surface area (Å²) < 4.78 is 9.98. The maximum Gasteiger partial charge on any atom is 0.159 e. The number of allylic oxidation sites excluding steroid dienone is 1. The molecule has 1 fully saturated rings. The number of benzene rings is 9. The van der Waals surface area contributed by atoms with Gasteiger partial charge in [-0.15, -0.1) is 0 Å². The van der Waals surface area contributed by atoms with Gasteiger partial charge >= 0.3 is 0 Å². The van der Waals surface area contributed by atoms with E-state index in [1.807, 2.05) is 0 Å². The summed E-state index contributed by atoms with van der Waals surface area (Å²) >= 11 is 0. The van der Waals surface area contributed by atoms with Gasteiger partial charge in [0, 0.05) is 44.4 Å². The van der Waals surface area contributed by atoms with Crippen molar-refractivity contribution in [3.05, 3.63) is 221 Å². The molecule has 2 aromatic heterocycles. The Balaban J connectivity index is 1.09. The van der Waals surface area contributed by atoms with Gasteiger partial charge in [0.2, 0.25) is 0 Å². The molecule has 3 heteroatoms. The largest absolute Gasteiger partial charge is 0.454 e. The van der Waals surface area contributed by atoms with E-state index in [-0.39, 0.29) is 5.92 Å². The van der Waals surface area contributed by atoms with Crippen molar-refractivity contribution in [2.45, 2.75) is 62.7 Å². The molecule has 2 atom stereocenters. The molecule has 0 amide bonds. The van der Waals surface area contributed by atoms with Crippen LogP contribution in [0.25, 0.3) is 77.3 Å². The smallest absolute Gasteiger partial charge is 0.159 e. The molecule has 0 bridgehead atoms. The van der Waals surface area contributed by atoms with Crippen LogP contribution in [0, 0.1) is 6.92 Å². The summed E-state index contributed by atoms with van der Waals surface area (Å²) in [7, 11) is 0. The Labute approximate surface area is 390 Å². The minimum absolute atomic E-state index is 0.133. The third-order valence-corrected chi connectivity index (χ3v) is 16.5. The summed E-state index contributed by atoms with van der Waals surface area (Å²) in [4.78, 5) is 2.55. The Morgan fingerprint density at radius 1 is 0.537 bits per heavy atom. The molecule has 15 rings (SSSR count). The summed E-state index contributed by atoms with van der Waals surface area (Å²) in [5.74, 6) is 0.657. The van der Waals surface area contributed by atoms with Gasteiger partial charge in [-0.1, -0.05) is 177 Å². The molecule has 0 saturated heterocycles. The Kier molecular flexibility index (Phi) is 7.83. The van der Waals surface area contributed by atoms with Crippen LogP contribution in [-0.4, -0.2) is 4.57 Å². The van der Waals surface area contributed by atoms with Crippen molar-refractivity contribution in [2.75, 3.05) is 4.90 Å². The van der Waals surface area contributed by atoms with E-state index in [9.17, 15) is 0 Å². The lowest BCUT2D eigenvalue weighted by Crippen LogP contribution is -2.40. The maximum absolute atomic E-state index is 7.36. The molecule has 0 N–H and O–H groups in total. The van der Waals surface area contributed by atoms with Gasteiger partial charge in [0.25, 0.3) is 0 Å². The molecule has 11 aromatic rings. The number of furan rings is 1. The number of aryl methyl sites for hydroxylation is 1. The third kappa shape index (κ3) is 4.91. The lowest BCUT2D eigenvalue weighted by molar-refractivity contribution is 0.442. The molecule has 1 aliphatic heterocycles. The Hall–Kier alpha value is -7.62. The number of aromatic nitrogens is 1. The van der Waals surface area contributed by atoms with Crippen molar-refractivity contribution in [1.29, 1.82) is 0 Å². The van der Waals surface area contributed by atoms with Crippen LogP contribution in [0.15, 0.2) is 186 Å². The number of fused-ring (bicyclic) bond motifs is 19. The van der Waals surface area contributed by atoms with Gasteiger partial charge in [-0.25, -0.2) is 0 Å². The van der Waals surface area contributed by atoms with Crippen molar-refractivity contribution in [3.8, 4) is 16.8 Å². The van der Waals surface area contributed by atoms with Crippen LogP contribution >= 0.6 is 0 Å². The minimum Gasteiger partial charge on any atom is -0.454 e. The molecule has 1 saturated carbocycles. The molecular formula is C64H48N2O. The molecular weight excluding hydrogens is 813 g/mol. The van der Waals surface area contributed by atoms with Gasteiger partial charge in [0.1, 0.15) is 5.58 Å². The summed E-state index contributed by atoms with van der Waals surface area (Å²) in [5.41, 5.74) is 19.6. The van der Waals surface area contributed by atoms with Crippen LogP contribution in [-0.2, 0) is 5.41 Å². The summed E-state index contributed by atoms with van der Waals surface area (Å²) in [5, 5.41) is 8.76. The second kappa shape index (κ2) is 14.0. The van der Waals surface area contributed by atoms with E-state index < -0.39 is 5.41 Å². The van der Waals surface area contributed by atoms with Gasteiger partial charge in [0.15, 0.2) is 5.58 Å². The number of hydrogen-bond donors (Lipinski definition) is 0. The zero-order valence-electron chi connectivity index (χ0n) is 37.6. The Morgan fingerprint density at radius 2 is 1.22 bits per heavy atom. The van der Waals surface area contributed by atoms with Crippen molar-refractivity contribution in [3.63, 3.8) is 0 Å². The zero-order valence-corrected chi connectivity index (χ0v) is 37.6. The highest BCUT2D eigenvalue weighted by atomic mass is 16.3. The van der Waals surface area contributed by atoms with Crippen LogP contribution in [0.2, 0.25) is 0 Å². The first-order chi connectivity index (χ1) is 33.2. The SMILES string of the molecule is Cc1ccccc1N(c1cc2c(c3ccccc13)-c1c(ccc3ccccc13)C21c2ccccc2-n2c3c(c4ccccc42)C=CCC31)c1cccc2c1oc1c(C3CCCCC3)cccc12. The molecule has 9 aromatic carbocycles. The van der Waals surface area contributed by atoms with Crippen molar-refractivity contribution in [1.82, 2.24) is 4.57 Å². The fourth-order valence-electron chi connectivity index (χ4n) is 13.8. The van der Waals surface area contributed by atoms with Gasteiger partial charge < -0.3 is 13.9 Å². The van der Waals surface area contributed by atoms with Gasteiger partial charge in [-0.2, -0.15) is 0 Å². The third-order valence-electron chi connectivity index (χ3n) is 16.5. The second-order valence-electron chi connectivity index (χ2n) is 19.7. The fraction of sp³-hybridized carbons (Fsp3) is 0.156. The van der Waals surface area contributed by atoms with Crippen LogP contribution in [0.1, 0.15) is 89.4 Å². The van der Waals surface area contributed by atoms with Crippen LogP contribution in [0.5, 0.6) is 0 Å². The predicted molar refractivity (Wildman–Crippen MR) is 279 cm³/mol. The Morgan fingerprint density at radius 3 is 2.10 bits per heavy atom. The molecule has 3 nitrogen and oxygen atoms in total. The first kappa shape index (κ1) is 37.6. The van der Waals surface area contributed by atoms with E-state index in [1.54, 1.807) is 0 Å². The highest BCUT2D eigenvalue weighted by Crippen LogP contribution is 2.67. The molecule has 320 valence electrons. The maximum atomic E-state index is 7.36. The molecule has 3 heterocycles. The first-order valence-electron chi connectivity index (χ1n) is 24.5. The second-order valence-corrected chi connectivity index (χ2v) is 19.7. The van der Waals surface area contributed by atoms with E-state index in [0.29, 0.717) is 5.92 Å². The normalized spacial score (nSPS) is 18.3. The fourth-order valence-corrected chi connectivity index (χ4v) is 13.8. The van der Waals surface area contributed by atoms with Gasteiger partial charge in [0.05, 0.1) is 28.0 Å². The van der Waals surface area contributed by atoms with Gasteiger partial charge in [-0.3, -0.25) is 0 Å². The summed E-state index contributed by atoms with van der Waals surface area (Å²) in [6, 6.07) is 66.8. The van der Waals surface area contributed by atoms with Crippen LogP contribution in [0.3, 0.4) is 0 Å². The first-order valence-corrected chi connectivity index (χ1v) is 24.5. The van der Waals surface area contributed by atoms with Crippen LogP contribution in [0.4, 0.5) is 17.1 Å². The quantitative estimate of drug-likeness (QED) is 0.176. The predicted octanol–water partition coefficient (Wildman–Crippen LogP) is 17.5. The number of hydrogen-bond acceptors (Lipinski definition) is 2. The molecule has 67 heavy (non-hydrogen) atoms. The standard InChI is InChI=1S/C64H48N2O/c1-39-18-5-12-32-54(39)65(57-35-17-29-49-48-28-15-26-43(62(48)67-63(49)57)40-19-3-2-4-20-40)58-38-53-60(46-25-9-8-23-44(46)58)59-42-22-7-6-21-41(42)36-37-51(59)64(53)50-30-11-14-34-56(50)66-55-33-13-10-24-45(55)47-27-16-31-52(64)61(47)66/h5-18,21-30,32-38,40,52H,2-4,19-20,31H2,1H3. The lowest BCUT2D eigenvalue weighted by atomic mass is 9.59. The van der Waals surface area contributed by atoms with E-state index in [2.05, 4.69) is 204 Å². The molecule has 3 aliphatic carbocycles. The lowest BCUT2D eigenvalue weighted by Gasteiger charge is -2.47. The number of nitrogens with zero attached hydrogens (tertiary/aromatic N) is 2. The van der Waals surface area contributed by atoms with Crippen molar-refractivity contribution < 1.29 is 4.42 Å².